The van der Waals surface area contributed by atoms with Crippen LogP contribution in [0.2, 0.25) is 0 Å². The molecule has 0 spiro atoms. The van der Waals surface area contributed by atoms with E-state index in [0.717, 1.165) is 23.5 Å². The maximum absolute atomic E-state index is 12.8. The normalized spacial score (nSPS) is 14.0. The number of likely N-dealkylation sites (N-methyl/N-ethyl adjacent to an activating group) is 1. The molecule has 0 aromatic heterocycles. The van der Waals surface area contributed by atoms with Crippen LogP contribution in [0.15, 0.2) is 42.5 Å². The van der Waals surface area contributed by atoms with Gasteiger partial charge in [0.1, 0.15) is 0 Å². The molecule has 2 N–H and O–H groups in total. The van der Waals surface area contributed by atoms with Crippen LogP contribution in [-0.2, 0) is 0 Å². The highest BCUT2D eigenvalue weighted by molar-refractivity contribution is 6.08. The quantitative estimate of drug-likeness (QED) is 0.818. The van der Waals surface area contributed by atoms with Gasteiger partial charge < -0.3 is 15.5 Å². The van der Waals surface area contributed by atoms with E-state index in [1.54, 1.807) is 6.07 Å². The summed E-state index contributed by atoms with van der Waals surface area (Å²) >= 11 is 0. The number of hydrogen-bond donors (Lipinski definition) is 1. The standard InChI is InChI=1S/C17H19N3O/c1-12-9-13(11-14(18)10-12)17(21)20-8-7-19(2)15-5-3-4-6-16(15)20/h3-6,9-11H,7-8,18H2,1-2H3. The Bertz CT molecular complexity index is 676. The molecule has 0 radical (unpaired) electrons. The van der Waals surface area contributed by atoms with Crippen molar-refractivity contribution >= 4 is 23.0 Å². The van der Waals surface area contributed by atoms with Gasteiger partial charge in [0.25, 0.3) is 5.91 Å². The summed E-state index contributed by atoms with van der Waals surface area (Å²) in [5.41, 5.74) is 10.2. The van der Waals surface area contributed by atoms with Crippen LogP contribution in [0.3, 0.4) is 0 Å². The van der Waals surface area contributed by atoms with Crippen LogP contribution in [0.4, 0.5) is 17.1 Å². The first-order valence-corrected chi connectivity index (χ1v) is 7.05. The molecular formula is C17H19N3O. The number of carbonyl (C=O) groups is 1. The number of aryl methyl sites for hydroxylation is 1. The fourth-order valence-corrected chi connectivity index (χ4v) is 2.81. The Kier molecular flexibility index (Phi) is 3.29. The van der Waals surface area contributed by atoms with Crippen molar-refractivity contribution in [3.8, 4) is 0 Å². The molecule has 0 bridgehead atoms. The molecule has 4 nitrogen and oxygen atoms in total. The summed E-state index contributed by atoms with van der Waals surface area (Å²) < 4.78 is 0. The molecule has 0 saturated carbocycles. The second kappa shape index (κ2) is 5.13. The highest BCUT2D eigenvalue weighted by atomic mass is 16.2. The number of rotatable bonds is 1. The second-order valence-electron chi connectivity index (χ2n) is 5.50. The molecule has 2 aromatic carbocycles. The summed E-state index contributed by atoms with van der Waals surface area (Å²) in [4.78, 5) is 16.8. The molecule has 3 rings (SSSR count). The third-order valence-electron chi connectivity index (χ3n) is 3.83. The van der Waals surface area contributed by atoms with Crippen molar-refractivity contribution in [1.82, 2.24) is 0 Å². The van der Waals surface area contributed by atoms with Gasteiger partial charge in [0.15, 0.2) is 0 Å². The van der Waals surface area contributed by atoms with E-state index in [2.05, 4.69) is 4.90 Å². The summed E-state index contributed by atoms with van der Waals surface area (Å²) in [6.45, 7) is 3.45. The van der Waals surface area contributed by atoms with Gasteiger partial charge in [0.2, 0.25) is 0 Å². The third kappa shape index (κ3) is 2.44. The number of hydrogen-bond acceptors (Lipinski definition) is 3. The Morgan fingerprint density at radius 1 is 1.10 bits per heavy atom. The zero-order chi connectivity index (χ0) is 15.0. The van der Waals surface area contributed by atoms with Gasteiger partial charge in [0.05, 0.1) is 11.4 Å². The lowest BCUT2D eigenvalue weighted by atomic mass is 10.1. The number of fused-ring (bicyclic) bond motifs is 1. The maximum Gasteiger partial charge on any atom is 0.258 e. The van der Waals surface area contributed by atoms with E-state index in [4.69, 9.17) is 5.73 Å². The average Bonchev–Trinajstić information content (AvgIpc) is 2.46. The van der Waals surface area contributed by atoms with Crippen molar-refractivity contribution in [3.63, 3.8) is 0 Å². The minimum Gasteiger partial charge on any atom is -0.399 e. The van der Waals surface area contributed by atoms with Crippen molar-refractivity contribution in [2.45, 2.75) is 6.92 Å². The SMILES string of the molecule is Cc1cc(N)cc(C(=O)N2CCN(C)c3ccccc32)c1. The van der Waals surface area contributed by atoms with E-state index in [1.807, 2.05) is 55.3 Å². The molecule has 108 valence electrons. The largest absolute Gasteiger partial charge is 0.399 e. The summed E-state index contributed by atoms with van der Waals surface area (Å²) in [6, 6.07) is 13.5. The summed E-state index contributed by atoms with van der Waals surface area (Å²) in [5.74, 6) is 0.00551. The van der Waals surface area contributed by atoms with E-state index in [1.165, 1.54) is 0 Å². The van der Waals surface area contributed by atoms with Crippen molar-refractivity contribution in [2.24, 2.45) is 0 Å². The van der Waals surface area contributed by atoms with Gasteiger partial charge in [-0.1, -0.05) is 12.1 Å². The molecule has 0 unspecified atom stereocenters. The van der Waals surface area contributed by atoms with Gasteiger partial charge in [-0.05, 0) is 42.8 Å². The van der Waals surface area contributed by atoms with E-state index in [-0.39, 0.29) is 5.91 Å². The number of nitrogens with two attached hydrogens (primary N) is 1. The topological polar surface area (TPSA) is 49.6 Å². The number of nitrogens with zero attached hydrogens (tertiary/aromatic N) is 2. The summed E-state index contributed by atoms with van der Waals surface area (Å²) in [7, 11) is 2.05. The van der Waals surface area contributed by atoms with Gasteiger partial charge in [-0.15, -0.1) is 0 Å². The average molecular weight is 281 g/mol. The summed E-state index contributed by atoms with van der Waals surface area (Å²) in [6.07, 6.45) is 0. The number of anilines is 3. The van der Waals surface area contributed by atoms with Crippen LogP contribution in [0, 0.1) is 6.92 Å². The summed E-state index contributed by atoms with van der Waals surface area (Å²) in [5, 5.41) is 0. The monoisotopic (exact) mass is 281 g/mol. The first-order chi connectivity index (χ1) is 10.1. The fraction of sp³-hybridized carbons (Fsp3) is 0.235. The van der Waals surface area contributed by atoms with E-state index in [9.17, 15) is 4.79 Å². The van der Waals surface area contributed by atoms with Crippen molar-refractivity contribution in [3.05, 3.63) is 53.6 Å². The molecule has 0 aliphatic carbocycles. The molecule has 0 atom stereocenters. The van der Waals surface area contributed by atoms with Crippen molar-refractivity contribution in [2.75, 3.05) is 35.7 Å². The molecule has 1 amide bonds. The molecule has 2 aromatic rings. The number of carbonyl (C=O) groups excluding carboxylic acids is 1. The van der Waals surface area contributed by atoms with Crippen LogP contribution < -0.4 is 15.5 Å². The predicted octanol–water partition coefficient (Wildman–Crippen LogP) is 2.67. The van der Waals surface area contributed by atoms with E-state index in [0.29, 0.717) is 17.8 Å². The fourth-order valence-electron chi connectivity index (χ4n) is 2.81. The minimum absolute atomic E-state index is 0.00551. The Morgan fingerprint density at radius 3 is 2.52 bits per heavy atom. The smallest absolute Gasteiger partial charge is 0.258 e. The highest BCUT2D eigenvalue weighted by Crippen LogP contribution is 2.32. The van der Waals surface area contributed by atoms with Gasteiger partial charge in [-0.25, -0.2) is 0 Å². The minimum atomic E-state index is 0.00551. The molecule has 1 aliphatic heterocycles. The first-order valence-electron chi connectivity index (χ1n) is 7.05. The van der Waals surface area contributed by atoms with Crippen LogP contribution in [-0.4, -0.2) is 26.0 Å². The lowest BCUT2D eigenvalue weighted by molar-refractivity contribution is 0.0986. The highest BCUT2D eigenvalue weighted by Gasteiger charge is 2.25. The van der Waals surface area contributed by atoms with Crippen LogP contribution in [0.5, 0.6) is 0 Å². The molecule has 1 heterocycles. The van der Waals surface area contributed by atoms with Crippen LogP contribution >= 0.6 is 0 Å². The van der Waals surface area contributed by atoms with Crippen LogP contribution in [0.1, 0.15) is 15.9 Å². The predicted molar refractivity (Wildman–Crippen MR) is 87.0 cm³/mol. The van der Waals surface area contributed by atoms with Crippen molar-refractivity contribution < 1.29 is 4.79 Å². The number of nitrogen functional groups attached to an aromatic ring is 1. The molecular weight excluding hydrogens is 262 g/mol. The molecule has 0 saturated heterocycles. The lowest BCUT2D eigenvalue weighted by Gasteiger charge is -2.35. The van der Waals surface area contributed by atoms with Gasteiger partial charge >= 0.3 is 0 Å². The maximum atomic E-state index is 12.8. The molecule has 21 heavy (non-hydrogen) atoms. The molecule has 0 fully saturated rings. The second-order valence-corrected chi connectivity index (χ2v) is 5.50. The Labute approximate surface area is 124 Å². The number of amides is 1. The van der Waals surface area contributed by atoms with E-state index >= 15 is 0 Å². The first kappa shape index (κ1) is 13.5. The van der Waals surface area contributed by atoms with Gasteiger partial charge in [-0.3, -0.25) is 4.79 Å². The zero-order valence-electron chi connectivity index (χ0n) is 12.3. The van der Waals surface area contributed by atoms with Crippen molar-refractivity contribution in [1.29, 1.82) is 0 Å². The Hall–Kier alpha value is -2.49. The molecule has 1 aliphatic rings. The third-order valence-corrected chi connectivity index (χ3v) is 3.83. The number of benzene rings is 2. The van der Waals surface area contributed by atoms with Gasteiger partial charge in [0, 0.05) is 31.4 Å². The van der Waals surface area contributed by atoms with Gasteiger partial charge in [-0.2, -0.15) is 0 Å². The van der Waals surface area contributed by atoms with Crippen LogP contribution in [0.25, 0.3) is 0 Å². The Balaban J connectivity index is 2.01. The van der Waals surface area contributed by atoms with E-state index < -0.39 is 0 Å². The Morgan fingerprint density at radius 2 is 1.81 bits per heavy atom. The lowest BCUT2D eigenvalue weighted by Crippen LogP contribution is -2.42. The zero-order valence-corrected chi connectivity index (χ0v) is 12.3. The molecule has 4 heteroatoms. The number of para-hydroxylation sites is 2.